The van der Waals surface area contributed by atoms with Gasteiger partial charge in [0.15, 0.2) is 6.10 Å². The minimum Gasteiger partial charge on any atom is -0.467 e. The van der Waals surface area contributed by atoms with E-state index in [0.717, 1.165) is 0 Å². The lowest BCUT2D eigenvalue weighted by atomic mass is 10.1. The molecule has 0 spiro atoms. The van der Waals surface area contributed by atoms with Crippen LogP contribution in [0.25, 0.3) is 0 Å². The Kier molecular flexibility index (Phi) is 4.89. The van der Waals surface area contributed by atoms with Crippen LogP contribution in [0.4, 0.5) is 4.39 Å². The second-order valence-corrected chi connectivity index (χ2v) is 5.07. The van der Waals surface area contributed by atoms with Crippen LogP contribution in [0.15, 0.2) is 18.2 Å². The van der Waals surface area contributed by atoms with Gasteiger partial charge in [-0.05, 0) is 19.1 Å². The molecular weight excluding hydrogens is 275 g/mol. The minimum atomic E-state index is -0.653. The van der Waals surface area contributed by atoms with Crippen LogP contribution in [0.1, 0.15) is 18.1 Å². The van der Waals surface area contributed by atoms with Gasteiger partial charge in [0.1, 0.15) is 5.82 Å². The van der Waals surface area contributed by atoms with Crippen LogP contribution in [-0.4, -0.2) is 43.3 Å². The van der Waals surface area contributed by atoms with Gasteiger partial charge in [0.05, 0.1) is 24.8 Å². The summed E-state index contributed by atoms with van der Waals surface area (Å²) in [5, 5.41) is 8.74. The fourth-order valence-corrected chi connectivity index (χ4v) is 2.42. The molecule has 0 aliphatic carbocycles. The average molecular weight is 292 g/mol. The molecule has 6 heteroatoms. The minimum absolute atomic E-state index is 0.135. The van der Waals surface area contributed by atoms with Gasteiger partial charge in [0.25, 0.3) is 0 Å². The lowest BCUT2D eigenvalue weighted by Crippen LogP contribution is -2.49. The fraction of sp³-hybridized carbons (Fsp3) is 0.467. The van der Waals surface area contributed by atoms with Crippen molar-refractivity contribution in [2.24, 2.45) is 0 Å². The van der Waals surface area contributed by atoms with Crippen molar-refractivity contribution >= 4 is 5.97 Å². The van der Waals surface area contributed by atoms with Crippen LogP contribution in [0, 0.1) is 17.1 Å². The Bertz CT molecular complexity index is 571. The van der Waals surface area contributed by atoms with E-state index in [1.54, 1.807) is 12.1 Å². The van der Waals surface area contributed by atoms with Crippen LogP contribution in [-0.2, 0) is 20.8 Å². The third kappa shape index (κ3) is 3.78. The van der Waals surface area contributed by atoms with E-state index in [9.17, 15) is 9.18 Å². The Hall–Kier alpha value is -1.97. The van der Waals surface area contributed by atoms with Crippen LogP contribution >= 0.6 is 0 Å². The van der Waals surface area contributed by atoms with Crippen LogP contribution in [0.3, 0.4) is 0 Å². The van der Waals surface area contributed by atoms with Gasteiger partial charge in [0.2, 0.25) is 0 Å². The van der Waals surface area contributed by atoms with E-state index in [1.165, 1.54) is 13.2 Å². The molecule has 2 rings (SSSR count). The van der Waals surface area contributed by atoms with E-state index in [4.69, 9.17) is 10.00 Å². The maximum Gasteiger partial charge on any atom is 0.336 e. The Morgan fingerprint density at radius 3 is 2.95 bits per heavy atom. The maximum atomic E-state index is 13.9. The molecule has 1 heterocycles. The molecule has 0 saturated carbocycles. The molecule has 1 aliphatic rings. The third-order valence-corrected chi connectivity index (χ3v) is 3.38. The second kappa shape index (κ2) is 6.66. The summed E-state index contributed by atoms with van der Waals surface area (Å²) in [6, 6.07) is 6.30. The summed E-state index contributed by atoms with van der Waals surface area (Å²) in [5.74, 6) is -0.838. The molecule has 0 aromatic heterocycles. The van der Waals surface area contributed by atoms with Gasteiger partial charge < -0.3 is 9.47 Å². The number of methoxy groups -OCH3 is 1. The summed E-state index contributed by atoms with van der Waals surface area (Å²) in [7, 11) is 1.32. The predicted octanol–water partition coefficient (Wildman–Crippen LogP) is 1.46. The summed E-state index contributed by atoms with van der Waals surface area (Å²) in [5.41, 5.74) is 0.783. The van der Waals surface area contributed by atoms with Crippen LogP contribution < -0.4 is 0 Å². The first-order valence-corrected chi connectivity index (χ1v) is 6.67. The number of ether oxygens (including phenoxy) is 2. The van der Waals surface area contributed by atoms with E-state index >= 15 is 0 Å². The van der Waals surface area contributed by atoms with Crippen molar-refractivity contribution < 1.29 is 18.7 Å². The largest absolute Gasteiger partial charge is 0.467 e. The van der Waals surface area contributed by atoms with E-state index in [0.29, 0.717) is 30.8 Å². The number of carbonyl (C=O) groups excluding carboxylic acids is 1. The number of benzene rings is 1. The van der Waals surface area contributed by atoms with Crippen molar-refractivity contribution in [3.05, 3.63) is 35.1 Å². The van der Waals surface area contributed by atoms with Crippen molar-refractivity contribution in [2.75, 3.05) is 20.2 Å². The second-order valence-electron chi connectivity index (χ2n) is 5.07. The quantitative estimate of drug-likeness (QED) is 0.789. The highest BCUT2D eigenvalue weighted by Crippen LogP contribution is 2.18. The first kappa shape index (κ1) is 15.4. The van der Waals surface area contributed by atoms with Gasteiger partial charge in [-0.2, -0.15) is 5.26 Å². The molecule has 0 N–H and O–H groups in total. The third-order valence-electron chi connectivity index (χ3n) is 3.38. The first-order valence-electron chi connectivity index (χ1n) is 6.67. The zero-order valence-electron chi connectivity index (χ0n) is 12.0. The lowest BCUT2D eigenvalue weighted by molar-refractivity contribution is -0.166. The number of nitrogens with zero attached hydrogens (tertiary/aromatic N) is 2. The van der Waals surface area contributed by atoms with E-state index in [-0.39, 0.29) is 6.10 Å². The van der Waals surface area contributed by atoms with Crippen LogP contribution in [0.5, 0.6) is 0 Å². The topological polar surface area (TPSA) is 62.6 Å². The highest BCUT2D eigenvalue weighted by molar-refractivity contribution is 5.75. The molecule has 1 aliphatic heterocycles. The molecule has 1 fully saturated rings. The molecule has 1 aromatic carbocycles. The summed E-state index contributed by atoms with van der Waals surface area (Å²) in [4.78, 5) is 13.5. The van der Waals surface area contributed by atoms with Gasteiger partial charge in [-0.15, -0.1) is 0 Å². The molecule has 2 atom stereocenters. The number of hydrogen-bond donors (Lipinski definition) is 0. The number of rotatable bonds is 3. The van der Waals surface area contributed by atoms with Crippen molar-refractivity contribution in [2.45, 2.75) is 25.7 Å². The molecule has 1 saturated heterocycles. The number of morpholine rings is 1. The standard InChI is InChI=1S/C15H17FN2O3/c1-10-7-18(9-14(21-10)15(19)20-2)8-12-4-3-11(6-17)5-13(12)16/h3-5,10,14H,7-9H2,1-2H3/t10-,14?/m1/s1. The number of carbonyl (C=O) groups is 1. The molecule has 112 valence electrons. The Morgan fingerprint density at radius 2 is 2.33 bits per heavy atom. The smallest absolute Gasteiger partial charge is 0.336 e. The maximum absolute atomic E-state index is 13.9. The molecule has 1 unspecified atom stereocenters. The van der Waals surface area contributed by atoms with Gasteiger partial charge in [0, 0.05) is 25.2 Å². The monoisotopic (exact) mass is 292 g/mol. The van der Waals surface area contributed by atoms with E-state index in [1.807, 2.05) is 17.9 Å². The number of hydrogen-bond acceptors (Lipinski definition) is 5. The summed E-state index contributed by atoms with van der Waals surface area (Å²) in [6.07, 6.45) is -0.788. The van der Waals surface area contributed by atoms with Crippen molar-refractivity contribution in [3.8, 4) is 6.07 Å². The lowest BCUT2D eigenvalue weighted by Gasteiger charge is -2.35. The Morgan fingerprint density at radius 1 is 1.57 bits per heavy atom. The normalized spacial score (nSPS) is 22.6. The summed E-state index contributed by atoms with van der Waals surface area (Å²) >= 11 is 0. The van der Waals surface area contributed by atoms with Gasteiger partial charge in [-0.3, -0.25) is 4.90 Å². The molecule has 1 aromatic rings. The van der Waals surface area contributed by atoms with Gasteiger partial charge in [-0.25, -0.2) is 9.18 Å². The zero-order chi connectivity index (χ0) is 15.4. The Labute approximate surface area is 122 Å². The molecule has 5 nitrogen and oxygen atoms in total. The molecular formula is C15H17FN2O3. The fourth-order valence-electron chi connectivity index (χ4n) is 2.42. The molecule has 0 radical (unpaired) electrons. The van der Waals surface area contributed by atoms with E-state index in [2.05, 4.69) is 4.74 Å². The van der Waals surface area contributed by atoms with Gasteiger partial charge >= 0.3 is 5.97 Å². The summed E-state index contributed by atoms with van der Waals surface area (Å²) in [6.45, 7) is 3.18. The van der Waals surface area contributed by atoms with Gasteiger partial charge in [-0.1, -0.05) is 6.07 Å². The first-order chi connectivity index (χ1) is 10.0. The molecule has 0 amide bonds. The number of nitriles is 1. The van der Waals surface area contributed by atoms with Crippen molar-refractivity contribution in [1.82, 2.24) is 4.90 Å². The molecule has 21 heavy (non-hydrogen) atoms. The molecule has 0 bridgehead atoms. The highest BCUT2D eigenvalue weighted by Gasteiger charge is 2.31. The Balaban J connectivity index is 2.08. The number of halogens is 1. The van der Waals surface area contributed by atoms with Crippen LogP contribution in [0.2, 0.25) is 0 Å². The van der Waals surface area contributed by atoms with Crippen molar-refractivity contribution in [1.29, 1.82) is 5.26 Å². The zero-order valence-corrected chi connectivity index (χ0v) is 12.0. The van der Waals surface area contributed by atoms with E-state index < -0.39 is 17.9 Å². The summed E-state index contributed by atoms with van der Waals surface area (Å²) < 4.78 is 24.1. The SMILES string of the molecule is COC(=O)C1CN(Cc2ccc(C#N)cc2F)C[C@@H](C)O1. The predicted molar refractivity (Wildman–Crippen MR) is 72.7 cm³/mol. The van der Waals surface area contributed by atoms with Crippen molar-refractivity contribution in [3.63, 3.8) is 0 Å². The highest BCUT2D eigenvalue weighted by atomic mass is 19.1. The average Bonchev–Trinajstić information content (AvgIpc) is 2.47. The number of esters is 1.